The van der Waals surface area contributed by atoms with Gasteiger partial charge in [-0.3, -0.25) is 14.5 Å². The minimum atomic E-state index is 0.0589. The molecule has 1 N–H and O–H groups in total. The Morgan fingerprint density at radius 1 is 1.07 bits per heavy atom. The molecule has 0 bridgehead atoms. The Bertz CT molecular complexity index is 645. The van der Waals surface area contributed by atoms with E-state index in [1.807, 2.05) is 43.0 Å². The van der Waals surface area contributed by atoms with Crippen LogP contribution in [0.25, 0.3) is 0 Å². The van der Waals surface area contributed by atoms with E-state index in [0.717, 1.165) is 25.3 Å². The smallest absolute Gasteiger partial charge is 0.234 e. The van der Waals surface area contributed by atoms with Gasteiger partial charge in [0.05, 0.1) is 19.8 Å². The first-order valence-electron chi connectivity index (χ1n) is 10.7. The molecule has 29 heavy (non-hydrogen) atoms. The molecule has 0 saturated carbocycles. The van der Waals surface area contributed by atoms with Gasteiger partial charge in [-0.2, -0.15) is 0 Å². The Hall–Kier alpha value is -2.28. The van der Waals surface area contributed by atoms with Crippen molar-refractivity contribution in [1.82, 2.24) is 15.1 Å². The zero-order valence-electron chi connectivity index (χ0n) is 18.0. The molecule has 1 heterocycles. The Kier molecular flexibility index (Phi) is 9.77. The van der Waals surface area contributed by atoms with Crippen molar-refractivity contribution in [3.8, 4) is 11.5 Å². The van der Waals surface area contributed by atoms with Crippen molar-refractivity contribution < 1.29 is 19.1 Å². The average molecular weight is 406 g/mol. The summed E-state index contributed by atoms with van der Waals surface area (Å²) in [6.07, 6.45) is 2.05. The molecule has 0 spiro atoms. The van der Waals surface area contributed by atoms with Gasteiger partial charge in [0.25, 0.3) is 0 Å². The van der Waals surface area contributed by atoms with Gasteiger partial charge in [-0.1, -0.05) is 19.1 Å². The van der Waals surface area contributed by atoms with Crippen molar-refractivity contribution in [3.63, 3.8) is 0 Å². The molecule has 7 heteroatoms. The molecule has 1 aliphatic rings. The number of piperazine rings is 1. The van der Waals surface area contributed by atoms with E-state index in [-0.39, 0.29) is 17.9 Å². The van der Waals surface area contributed by atoms with Gasteiger partial charge in [0, 0.05) is 38.6 Å². The second-order valence-electron chi connectivity index (χ2n) is 7.37. The van der Waals surface area contributed by atoms with Crippen LogP contribution >= 0.6 is 0 Å². The normalized spacial score (nSPS) is 15.6. The van der Waals surface area contributed by atoms with Crippen molar-refractivity contribution >= 4 is 11.8 Å². The van der Waals surface area contributed by atoms with Gasteiger partial charge in [0.15, 0.2) is 11.5 Å². The number of ether oxygens (including phenoxy) is 2. The number of benzene rings is 1. The van der Waals surface area contributed by atoms with Crippen LogP contribution in [0, 0.1) is 0 Å². The fraction of sp³-hybridized carbons (Fsp3) is 0.636. The Morgan fingerprint density at radius 2 is 1.72 bits per heavy atom. The first kappa shape index (κ1) is 23.0. The molecule has 0 radical (unpaired) electrons. The lowest BCUT2D eigenvalue weighted by Crippen LogP contribution is -2.51. The third kappa shape index (κ3) is 7.93. The maximum absolute atomic E-state index is 12.4. The van der Waals surface area contributed by atoms with E-state index in [4.69, 9.17) is 9.47 Å². The topological polar surface area (TPSA) is 71.1 Å². The number of carbonyl (C=O) groups excluding carboxylic acids is 2. The summed E-state index contributed by atoms with van der Waals surface area (Å²) in [5.74, 6) is 1.65. The van der Waals surface area contributed by atoms with Crippen LogP contribution in [0.5, 0.6) is 11.5 Å². The summed E-state index contributed by atoms with van der Waals surface area (Å²) in [7, 11) is 0. The number of hydrogen-bond donors (Lipinski definition) is 1. The summed E-state index contributed by atoms with van der Waals surface area (Å²) in [5, 5.41) is 2.99. The number of rotatable bonds is 11. The lowest BCUT2D eigenvalue weighted by Gasteiger charge is -2.34. The molecule has 0 aliphatic carbocycles. The third-order valence-electron chi connectivity index (χ3n) is 5.05. The summed E-state index contributed by atoms with van der Waals surface area (Å²) in [5.41, 5.74) is 0. The summed E-state index contributed by atoms with van der Waals surface area (Å²) in [6, 6.07) is 7.78. The molecule has 1 atom stereocenters. The summed E-state index contributed by atoms with van der Waals surface area (Å²) >= 11 is 0. The second-order valence-corrected chi connectivity index (χ2v) is 7.37. The molecular formula is C22H35N3O4. The zero-order chi connectivity index (χ0) is 21.1. The molecule has 1 aromatic rings. The van der Waals surface area contributed by atoms with Crippen LogP contribution < -0.4 is 14.8 Å². The highest BCUT2D eigenvalue weighted by molar-refractivity contribution is 5.78. The van der Waals surface area contributed by atoms with Crippen molar-refractivity contribution in [3.05, 3.63) is 24.3 Å². The third-order valence-corrected chi connectivity index (χ3v) is 5.05. The molecule has 0 aromatic heterocycles. The van der Waals surface area contributed by atoms with Crippen LogP contribution in [0.1, 0.15) is 40.0 Å². The second kappa shape index (κ2) is 12.3. The minimum Gasteiger partial charge on any atom is -0.490 e. The Balaban J connectivity index is 1.64. The van der Waals surface area contributed by atoms with Crippen molar-refractivity contribution in [2.45, 2.75) is 46.1 Å². The molecular weight excluding hydrogens is 370 g/mol. The average Bonchev–Trinajstić information content (AvgIpc) is 2.72. The number of amides is 2. The number of para-hydroxylation sites is 2. The fourth-order valence-electron chi connectivity index (χ4n) is 3.19. The van der Waals surface area contributed by atoms with Gasteiger partial charge in [-0.05, 0) is 38.8 Å². The zero-order valence-corrected chi connectivity index (χ0v) is 18.0. The highest BCUT2D eigenvalue weighted by atomic mass is 16.5. The summed E-state index contributed by atoms with van der Waals surface area (Å²) < 4.78 is 11.3. The van der Waals surface area contributed by atoms with Crippen LogP contribution in [0.15, 0.2) is 24.3 Å². The number of hydrogen-bond acceptors (Lipinski definition) is 5. The Morgan fingerprint density at radius 3 is 2.34 bits per heavy atom. The fourth-order valence-corrected chi connectivity index (χ4v) is 3.19. The van der Waals surface area contributed by atoms with Crippen LogP contribution in [-0.4, -0.2) is 73.6 Å². The predicted octanol–water partition coefficient (Wildman–Crippen LogP) is 2.30. The van der Waals surface area contributed by atoms with Gasteiger partial charge < -0.3 is 19.7 Å². The molecule has 1 saturated heterocycles. The van der Waals surface area contributed by atoms with Gasteiger partial charge in [-0.25, -0.2) is 0 Å². The van der Waals surface area contributed by atoms with Crippen LogP contribution in [0.3, 0.4) is 0 Å². The molecule has 1 unspecified atom stereocenters. The lowest BCUT2D eigenvalue weighted by atomic mass is 10.2. The molecule has 1 aromatic carbocycles. The highest BCUT2D eigenvalue weighted by Crippen LogP contribution is 2.26. The standard InChI is InChI=1S/C22H35N3O4/c1-4-18(3)23-21(26)17-24-12-14-25(15-13-24)22(27)11-8-16-29-20-10-7-6-9-19(20)28-5-2/h6-7,9-10,18H,4-5,8,11-17H2,1-3H3,(H,23,26). The predicted molar refractivity (Wildman–Crippen MR) is 113 cm³/mol. The largest absolute Gasteiger partial charge is 0.490 e. The number of nitrogens with zero attached hydrogens (tertiary/aromatic N) is 2. The van der Waals surface area contributed by atoms with E-state index in [0.29, 0.717) is 51.4 Å². The van der Waals surface area contributed by atoms with E-state index >= 15 is 0 Å². The van der Waals surface area contributed by atoms with E-state index < -0.39 is 0 Å². The Labute approximate surface area is 174 Å². The summed E-state index contributed by atoms with van der Waals surface area (Å²) in [4.78, 5) is 28.4. The van der Waals surface area contributed by atoms with E-state index in [1.54, 1.807) is 0 Å². The lowest BCUT2D eigenvalue weighted by molar-refractivity contribution is -0.133. The van der Waals surface area contributed by atoms with Crippen LogP contribution in [0.4, 0.5) is 0 Å². The van der Waals surface area contributed by atoms with Crippen molar-refractivity contribution in [2.75, 3.05) is 45.9 Å². The number of nitrogens with one attached hydrogen (secondary N) is 1. The van der Waals surface area contributed by atoms with Gasteiger partial charge in [0.2, 0.25) is 11.8 Å². The maximum Gasteiger partial charge on any atom is 0.234 e. The SMILES string of the molecule is CCOc1ccccc1OCCCC(=O)N1CCN(CC(=O)NC(C)CC)CC1. The quantitative estimate of drug-likeness (QED) is 0.572. The van der Waals surface area contributed by atoms with Crippen molar-refractivity contribution in [2.24, 2.45) is 0 Å². The molecule has 1 aliphatic heterocycles. The number of carbonyl (C=O) groups is 2. The van der Waals surface area contributed by atoms with E-state index in [2.05, 4.69) is 17.1 Å². The van der Waals surface area contributed by atoms with Crippen LogP contribution in [0.2, 0.25) is 0 Å². The minimum absolute atomic E-state index is 0.0589. The molecule has 7 nitrogen and oxygen atoms in total. The van der Waals surface area contributed by atoms with E-state index in [1.165, 1.54) is 0 Å². The van der Waals surface area contributed by atoms with E-state index in [9.17, 15) is 9.59 Å². The highest BCUT2D eigenvalue weighted by Gasteiger charge is 2.22. The summed E-state index contributed by atoms with van der Waals surface area (Å²) in [6.45, 7) is 10.3. The first-order valence-corrected chi connectivity index (χ1v) is 10.7. The van der Waals surface area contributed by atoms with Crippen LogP contribution in [-0.2, 0) is 9.59 Å². The molecule has 2 amide bonds. The first-order chi connectivity index (χ1) is 14.0. The van der Waals surface area contributed by atoms with Gasteiger partial charge in [-0.15, -0.1) is 0 Å². The molecule has 1 fully saturated rings. The molecule has 2 rings (SSSR count). The monoisotopic (exact) mass is 405 g/mol. The van der Waals surface area contributed by atoms with Gasteiger partial charge in [0.1, 0.15) is 0 Å². The molecule has 162 valence electrons. The van der Waals surface area contributed by atoms with Gasteiger partial charge >= 0.3 is 0 Å². The maximum atomic E-state index is 12.4. The van der Waals surface area contributed by atoms with Crippen molar-refractivity contribution in [1.29, 1.82) is 0 Å².